The van der Waals surface area contributed by atoms with Crippen molar-refractivity contribution in [3.05, 3.63) is 46.7 Å². The molecule has 0 unspecified atom stereocenters. The first kappa shape index (κ1) is 15.3. The van der Waals surface area contributed by atoms with Crippen LogP contribution in [0.1, 0.15) is 40.5 Å². The maximum Gasteiger partial charge on any atom is 0.210 e. The average Bonchev–Trinajstić information content (AvgIpc) is 2.51. The maximum atomic E-state index is 12.8. The smallest absolute Gasteiger partial charge is 0.210 e. The van der Waals surface area contributed by atoms with Crippen LogP contribution in [0.2, 0.25) is 0 Å². The summed E-state index contributed by atoms with van der Waals surface area (Å²) in [6.45, 7) is 1.84. The molecule has 1 saturated carbocycles. The Balaban J connectivity index is 2.17. The van der Waals surface area contributed by atoms with Crippen LogP contribution in [0.15, 0.2) is 35.5 Å². The molecule has 1 aromatic carbocycles. The molecule has 5 nitrogen and oxygen atoms in total. The third kappa shape index (κ3) is 2.32. The first-order valence-electron chi connectivity index (χ1n) is 7.61. The van der Waals surface area contributed by atoms with Crippen molar-refractivity contribution in [3.63, 3.8) is 0 Å². The lowest BCUT2D eigenvalue weighted by atomic mass is 9.72. The summed E-state index contributed by atoms with van der Waals surface area (Å²) in [7, 11) is 1.52. The van der Waals surface area contributed by atoms with Gasteiger partial charge in [0.05, 0.1) is 5.70 Å². The van der Waals surface area contributed by atoms with Crippen molar-refractivity contribution in [1.29, 1.82) is 0 Å². The Morgan fingerprint density at radius 2 is 1.43 bits per heavy atom. The standard InChI is InChI=1S/C18H17NO4/c1-9-7-12(20)14(13(21)8-9)15-16(19-2)18(23)11-6-4-3-5-10(11)17(15)22/h3-6,9,14,19H,7-8H2,1-2H3. The van der Waals surface area contributed by atoms with E-state index in [0.717, 1.165) is 0 Å². The number of Topliss-reactive ketones (excluding diaryl/α,β-unsaturated/α-hetero) is 4. The lowest BCUT2D eigenvalue weighted by Gasteiger charge is -2.29. The van der Waals surface area contributed by atoms with Crippen LogP contribution >= 0.6 is 0 Å². The number of carbonyl (C=O) groups excluding carboxylic acids is 4. The van der Waals surface area contributed by atoms with Gasteiger partial charge in [0.2, 0.25) is 5.78 Å². The molecule has 1 aromatic rings. The van der Waals surface area contributed by atoms with Gasteiger partial charge in [-0.05, 0) is 5.92 Å². The van der Waals surface area contributed by atoms with Crippen molar-refractivity contribution in [3.8, 4) is 0 Å². The second-order valence-corrected chi connectivity index (χ2v) is 6.12. The lowest BCUT2D eigenvalue weighted by molar-refractivity contribution is -0.135. The largest absolute Gasteiger partial charge is 0.385 e. The zero-order chi connectivity index (χ0) is 16.7. The van der Waals surface area contributed by atoms with Crippen LogP contribution in [0, 0.1) is 11.8 Å². The van der Waals surface area contributed by atoms with E-state index in [1.165, 1.54) is 7.05 Å². The van der Waals surface area contributed by atoms with Crippen molar-refractivity contribution in [1.82, 2.24) is 5.32 Å². The van der Waals surface area contributed by atoms with Crippen LogP contribution < -0.4 is 5.32 Å². The molecule has 0 atom stereocenters. The van der Waals surface area contributed by atoms with Crippen LogP contribution in [-0.4, -0.2) is 30.2 Å². The minimum absolute atomic E-state index is 0.0121. The molecule has 5 heteroatoms. The quantitative estimate of drug-likeness (QED) is 0.841. The molecule has 0 aliphatic heterocycles. The van der Waals surface area contributed by atoms with E-state index in [-0.39, 0.29) is 52.9 Å². The van der Waals surface area contributed by atoms with E-state index in [1.54, 1.807) is 24.3 Å². The summed E-state index contributed by atoms with van der Waals surface area (Å²) in [6, 6.07) is 6.48. The van der Waals surface area contributed by atoms with Gasteiger partial charge in [-0.25, -0.2) is 0 Å². The van der Waals surface area contributed by atoms with E-state index in [4.69, 9.17) is 0 Å². The number of carbonyl (C=O) groups is 4. The third-order valence-electron chi connectivity index (χ3n) is 4.44. The molecule has 0 aromatic heterocycles. The molecular weight excluding hydrogens is 294 g/mol. The fourth-order valence-electron chi connectivity index (χ4n) is 3.41. The minimum Gasteiger partial charge on any atom is -0.385 e. The minimum atomic E-state index is -1.13. The predicted molar refractivity (Wildman–Crippen MR) is 83.1 cm³/mol. The summed E-state index contributed by atoms with van der Waals surface area (Å²) in [5.41, 5.74) is 0.633. The molecule has 0 spiro atoms. The Kier molecular flexibility index (Phi) is 3.72. The van der Waals surface area contributed by atoms with Crippen LogP contribution in [-0.2, 0) is 9.59 Å². The van der Waals surface area contributed by atoms with E-state index in [0.29, 0.717) is 5.56 Å². The first-order valence-corrected chi connectivity index (χ1v) is 7.61. The monoisotopic (exact) mass is 311 g/mol. The van der Waals surface area contributed by atoms with Gasteiger partial charge < -0.3 is 5.32 Å². The summed E-state index contributed by atoms with van der Waals surface area (Å²) >= 11 is 0. The maximum absolute atomic E-state index is 12.8. The van der Waals surface area contributed by atoms with Gasteiger partial charge in [0.15, 0.2) is 5.78 Å². The molecule has 2 aliphatic rings. The number of benzene rings is 1. The van der Waals surface area contributed by atoms with Crippen molar-refractivity contribution in [2.24, 2.45) is 11.8 Å². The number of hydrogen-bond acceptors (Lipinski definition) is 5. The van der Waals surface area contributed by atoms with Crippen molar-refractivity contribution in [2.75, 3.05) is 7.05 Å². The summed E-state index contributed by atoms with van der Waals surface area (Å²) in [4.78, 5) is 50.3. The van der Waals surface area contributed by atoms with Crippen molar-refractivity contribution >= 4 is 23.1 Å². The van der Waals surface area contributed by atoms with Gasteiger partial charge in [0.25, 0.3) is 0 Å². The summed E-state index contributed by atoms with van der Waals surface area (Å²) in [5.74, 6) is -2.47. The second-order valence-electron chi connectivity index (χ2n) is 6.12. The number of fused-ring (bicyclic) bond motifs is 1. The Hall–Kier alpha value is -2.56. The van der Waals surface area contributed by atoms with Crippen LogP contribution in [0.4, 0.5) is 0 Å². The molecular formula is C18H17NO4. The zero-order valence-corrected chi connectivity index (χ0v) is 13.0. The van der Waals surface area contributed by atoms with Gasteiger partial charge in [-0.3, -0.25) is 19.2 Å². The highest BCUT2D eigenvalue weighted by atomic mass is 16.2. The number of allylic oxidation sites excluding steroid dienone is 2. The molecule has 0 radical (unpaired) electrons. The predicted octanol–water partition coefficient (Wildman–Crippen LogP) is 1.72. The van der Waals surface area contributed by atoms with Crippen LogP contribution in [0.5, 0.6) is 0 Å². The third-order valence-corrected chi connectivity index (χ3v) is 4.44. The van der Waals surface area contributed by atoms with E-state index >= 15 is 0 Å². The fourth-order valence-corrected chi connectivity index (χ4v) is 3.41. The summed E-state index contributed by atoms with van der Waals surface area (Å²) in [5, 5.41) is 2.73. The highest BCUT2D eigenvalue weighted by molar-refractivity contribution is 6.30. The lowest BCUT2D eigenvalue weighted by Crippen LogP contribution is -2.40. The van der Waals surface area contributed by atoms with Crippen molar-refractivity contribution < 1.29 is 19.2 Å². The van der Waals surface area contributed by atoms with Gasteiger partial charge in [-0.2, -0.15) is 0 Å². The van der Waals surface area contributed by atoms with Gasteiger partial charge in [0.1, 0.15) is 17.5 Å². The Bertz CT molecular complexity index is 757. The molecule has 0 saturated heterocycles. The summed E-state index contributed by atoms with van der Waals surface area (Å²) < 4.78 is 0. The number of rotatable bonds is 2. The topological polar surface area (TPSA) is 80.3 Å². The fraction of sp³-hybridized carbons (Fsp3) is 0.333. The second kappa shape index (κ2) is 5.57. The van der Waals surface area contributed by atoms with E-state index in [2.05, 4.69) is 5.32 Å². The van der Waals surface area contributed by atoms with Gasteiger partial charge in [-0.15, -0.1) is 0 Å². The highest BCUT2D eigenvalue weighted by Crippen LogP contribution is 2.35. The number of hydrogen-bond donors (Lipinski definition) is 1. The van der Waals surface area contributed by atoms with E-state index < -0.39 is 11.7 Å². The summed E-state index contributed by atoms with van der Waals surface area (Å²) in [6.07, 6.45) is 0.500. The van der Waals surface area contributed by atoms with Gasteiger partial charge >= 0.3 is 0 Å². The first-order chi connectivity index (χ1) is 11.0. The van der Waals surface area contributed by atoms with Crippen LogP contribution in [0.3, 0.4) is 0 Å². The number of nitrogens with one attached hydrogen (secondary N) is 1. The normalized spacial score (nSPS) is 24.8. The average molecular weight is 311 g/mol. The van der Waals surface area contributed by atoms with E-state index in [9.17, 15) is 19.2 Å². The zero-order valence-electron chi connectivity index (χ0n) is 13.0. The Labute approximate surface area is 133 Å². The Morgan fingerprint density at radius 1 is 0.913 bits per heavy atom. The molecule has 0 heterocycles. The Morgan fingerprint density at radius 3 is 1.96 bits per heavy atom. The van der Waals surface area contributed by atoms with Gasteiger partial charge in [0, 0.05) is 36.6 Å². The molecule has 0 amide bonds. The number of ketones is 4. The molecule has 3 rings (SSSR count). The molecule has 23 heavy (non-hydrogen) atoms. The molecule has 118 valence electrons. The molecule has 2 aliphatic carbocycles. The van der Waals surface area contributed by atoms with Crippen LogP contribution in [0.25, 0.3) is 0 Å². The molecule has 1 fully saturated rings. The van der Waals surface area contributed by atoms with Gasteiger partial charge in [-0.1, -0.05) is 31.2 Å². The molecule has 0 bridgehead atoms. The van der Waals surface area contributed by atoms with E-state index in [1.807, 2.05) is 6.92 Å². The SMILES string of the molecule is CNC1=C(C2C(=O)CC(C)CC2=O)C(=O)c2ccccc2C1=O. The highest BCUT2D eigenvalue weighted by Gasteiger charge is 2.44. The number of likely N-dealkylation sites (N-methyl/N-ethyl adjacent to an activating group) is 1. The molecule has 1 N–H and O–H groups in total. The van der Waals surface area contributed by atoms with Crippen molar-refractivity contribution in [2.45, 2.75) is 19.8 Å².